The first kappa shape index (κ1) is 35.3. The maximum absolute atomic E-state index is 15.8. The summed E-state index contributed by atoms with van der Waals surface area (Å²) in [5.74, 6) is -1.68. The van der Waals surface area contributed by atoms with Crippen LogP contribution < -0.4 is 22.2 Å². The minimum absolute atomic E-state index is 0. The predicted molar refractivity (Wildman–Crippen MR) is 175 cm³/mol. The number of rotatable bonds is 6. The predicted octanol–water partition coefficient (Wildman–Crippen LogP) is 4.36. The molecule has 0 aliphatic carbocycles. The van der Waals surface area contributed by atoms with Crippen LogP contribution in [0.4, 0.5) is 8.78 Å². The van der Waals surface area contributed by atoms with Crippen molar-refractivity contribution in [2.24, 2.45) is 4.99 Å². The second-order valence-corrected chi connectivity index (χ2v) is 20.3. The third-order valence-corrected chi connectivity index (χ3v) is 20.6. The number of pyridine rings is 1. The molecule has 1 saturated heterocycles. The Kier molecular flexibility index (Phi) is 11.0. The molecule has 1 fully saturated rings. The smallest absolute Gasteiger partial charge is 0.358 e. The summed E-state index contributed by atoms with van der Waals surface area (Å²) < 4.78 is 34.7. The van der Waals surface area contributed by atoms with Crippen molar-refractivity contribution >= 4 is 22.9 Å². The molecule has 0 bridgehead atoms. The van der Waals surface area contributed by atoms with Crippen LogP contribution in [0.3, 0.4) is 0 Å². The van der Waals surface area contributed by atoms with E-state index in [4.69, 9.17) is 4.99 Å². The number of thioether (sulfide) groups is 1. The summed E-state index contributed by atoms with van der Waals surface area (Å²) in [6.45, 7) is 0. The number of fused-ring (bicyclic) bond motifs is 2. The average molecular weight is 985 g/mol. The van der Waals surface area contributed by atoms with E-state index in [2.05, 4.69) is 51.1 Å². The molecule has 2 atom stereocenters. The van der Waals surface area contributed by atoms with Crippen LogP contribution in [0.25, 0.3) is 0 Å². The van der Waals surface area contributed by atoms with E-state index in [0.29, 0.717) is 36.5 Å². The second kappa shape index (κ2) is 14.6. The molecule has 3 heterocycles. The molecule has 0 radical (unpaired) electrons. The molecule has 238 valence electrons. The van der Waals surface area contributed by atoms with Crippen molar-refractivity contribution < 1.29 is 68.5 Å². The van der Waals surface area contributed by atoms with Gasteiger partial charge in [0.1, 0.15) is 0 Å². The molecule has 2 aliphatic rings. The SMILES string of the molecule is O=C(O)c1cn[c-]c2c1C[C@H]1CSC(=NC(c3ccccc3)(c3ccccc3)c3ccccc3)N[I-]1(c1ccc(F)cc1F)C2.[CH3-].[U+2]. The Hall–Kier alpha value is -3.04. The topological polar surface area (TPSA) is 74.6 Å². The van der Waals surface area contributed by atoms with Crippen LogP contribution in [0.2, 0.25) is 0 Å². The second-order valence-electron chi connectivity index (χ2n) is 10.9. The largest absolute Gasteiger partial charge is 2.00 e. The number of aromatic carboxylic acids is 1. The van der Waals surface area contributed by atoms with E-state index >= 15 is 4.39 Å². The molecular formula is C37H31F2IN3O2SU-. The summed E-state index contributed by atoms with van der Waals surface area (Å²) in [6.07, 6.45) is 4.81. The fourth-order valence-corrected chi connectivity index (χ4v) is 19.7. The maximum Gasteiger partial charge on any atom is 2.00 e. The number of halogens is 3. The van der Waals surface area contributed by atoms with Crippen molar-refractivity contribution in [1.29, 1.82) is 0 Å². The summed E-state index contributed by atoms with van der Waals surface area (Å²) in [5.41, 5.74) is 3.53. The Morgan fingerprint density at radius 3 is 2.04 bits per heavy atom. The minimum atomic E-state index is -3.74. The zero-order valence-corrected chi connectivity index (χ0v) is 32.6. The molecule has 4 aromatic carbocycles. The van der Waals surface area contributed by atoms with Gasteiger partial charge < -0.3 is 7.43 Å². The van der Waals surface area contributed by atoms with Gasteiger partial charge in [-0.1, -0.05) is 0 Å². The molecular weight excluding hydrogens is 953 g/mol. The van der Waals surface area contributed by atoms with Crippen molar-refractivity contribution in [2.75, 3.05) is 5.75 Å². The van der Waals surface area contributed by atoms with E-state index in [-0.39, 0.29) is 48.0 Å². The number of benzene rings is 4. The number of nitrogens with zero attached hydrogens (tertiary/aromatic N) is 2. The van der Waals surface area contributed by atoms with Crippen molar-refractivity contribution in [2.45, 2.75) is 20.3 Å². The number of hydrogen-bond acceptors (Lipinski definition) is 4. The third-order valence-electron chi connectivity index (χ3n) is 8.35. The summed E-state index contributed by atoms with van der Waals surface area (Å²) in [6, 6.07) is 34.2. The maximum atomic E-state index is 15.8. The zero-order valence-electron chi connectivity index (χ0n) is 25.5. The Bertz CT molecular complexity index is 1820. The molecule has 0 spiro atoms. The molecule has 47 heavy (non-hydrogen) atoms. The number of carboxylic acid groups (broad SMARTS) is 1. The number of alkyl halides is 2. The molecule has 5 nitrogen and oxygen atoms in total. The summed E-state index contributed by atoms with van der Waals surface area (Å²) in [7, 11) is 0. The van der Waals surface area contributed by atoms with Gasteiger partial charge in [-0.05, 0) is 0 Å². The number of hydrogen-bond donors (Lipinski definition) is 2. The van der Waals surface area contributed by atoms with E-state index in [0.717, 1.165) is 22.8 Å². The van der Waals surface area contributed by atoms with Gasteiger partial charge in [-0.3, -0.25) is 0 Å². The van der Waals surface area contributed by atoms with Gasteiger partial charge >= 0.3 is 301 Å². The Labute approximate surface area is 306 Å². The number of aliphatic imine (C=N–C) groups is 1. The van der Waals surface area contributed by atoms with E-state index in [1.165, 1.54) is 12.3 Å². The number of aromatic nitrogens is 1. The Morgan fingerprint density at radius 1 is 0.936 bits per heavy atom. The fourth-order valence-electron chi connectivity index (χ4n) is 6.27. The number of carboxylic acids is 1. The number of amidine groups is 1. The van der Waals surface area contributed by atoms with Crippen molar-refractivity contribution in [3.8, 4) is 0 Å². The molecule has 2 N–H and O–H groups in total. The van der Waals surface area contributed by atoms with Crippen LogP contribution in [0.5, 0.6) is 0 Å². The average Bonchev–Trinajstić information content (AvgIpc) is 3.07. The van der Waals surface area contributed by atoms with Crippen molar-refractivity contribution in [3.05, 3.63) is 178 Å². The first-order chi connectivity index (χ1) is 21.9. The Balaban J connectivity index is 0.00000217. The molecule has 5 aromatic rings. The summed E-state index contributed by atoms with van der Waals surface area (Å²) in [4.78, 5) is 21.8. The van der Waals surface area contributed by atoms with Crippen LogP contribution in [0, 0.1) is 59.9 Å². The van der Waals surface area contributed by atoms with Gasteiger partial charge in [-0.2, -0.15) is 0 Å². The first-order valence-corrected chi connectivity index (χ1v) is 20.3. The first-order valence-electron chi connectivity index (χ1n) is 14.4. The summed E-state index contributed by atoms with van der Waals surface area (Å²) in [5, 5.41) is 10.6. The van der Waals surface area contributed by atoms with Gasteiger partial charge in [0, 0.05) is 0 Å². The third kappa shape index (κ3) is 6.42. The van der Waals surface area contributed by atoms with Crippen molar-refractivity contribution in [1.82, 2.24) is 8.51 Å². The molecule has 0 amide bonds. The van der Waals surface area contributed by atoms with E-state index in [1.54, 1.807) is 17.8 Å². The number of carbonyl (C=O) groups is 1. The molecule has 10 heteroatoms. The van der Waals surface area contributed by atoms with Gasteiger partial charge in [0.25, 0.3) is 0 Å². The molecule has 1 aromatic heterocycles. The van der Waals surface area contributed by atoms with Crippen LogP contribution in [-0.4, -0.2) is 30.9 Å². The van der Waals surface area contributed by atoms with Gasteiger partial charge in [0.05, 0.1) is 0 Å². The van der Waals surface area contributed by atoms with Crippen LogP contribution >= 0.6 is 11.8 Å². The molecule has 2 aliphatic heterocycles. The number of nitrogens with one attached hydrogen (secondary N) is 1. The quantitative estimate of drug-likeness (QED) is 0.0662. The van der Waals surface area contributed by atoms with E-state index < -0.39 is 41.8 Å². The van der Waals surface area contributed by atoms with Crippen LogP contribution in [-0.2, 0) is 16.4 Å². The van der Waals surface area contributed by atoms with Gasteiger partial charge in [-0.15, -0.1) is 0 Å². The molecule has 7 rings (SSSR count). The van der Waals surface area contributed by atoms with Gasteiger partial charge in [0.2, 0.25) is 0 Å². The minimum Gasteiger partial charge on any atom is -0.358 e. The summed E-state index contributed by atoms with van der Waals surface area (Å²) >= 11 is -2.17. The van der Waals surface area contributed by atoms with Gasteiger partial charge in [0.15, 0.2) is 0 Å². The Morgan fingerprint density at radius 2 is 1.51 bits per heavy atom. The van der Waals surface area contributed by atoms with Crippen LogP contribution in [0.15, 0.2) is 120 Å². The van der Waals surface area contributed by atoms with Crippen molar-refractivity contribution in [3.63, 3.8) is 0 Å². The standard InChI is InChI=1S/C36H28F2IN3O2S.CH3.U/c37-28-16-17-33(32(38)18-28)39-20-24-21-40-22-31(34(43)44)30(24)19-29(39)23-45-35(42-39)41-36(25-10-4-1-5-11-25,26-12-6-2-7-13-26)27-14-8-3-9-15-27;;/h1-18,22,29H,19-20,23H2,(H,41,42)(H,43,44);1H3;/q-2;-1;+2/t29-;;/m0../s1. The monoisotopic (exact) mass is 984 g/mol. The normalized spacial score (nSPS) is 20.6. The van der Waals surface area contributed by atoms with Gasteiger partial charge in [-0.25, -0.2) is 0 Å². The zero-order chi connectivity index (χ0) is 31.0. The van der Waals surface area contributed by atoms with Crippen LogP contribution in [0.1, 0.15) is 38.2 Å². The van der Waals surface area contributed by atoms with E-state index in [9.17, 15) is 14.3 Å². The molecule has 1 unspecified atom stereocenters. The molecule has 0 saturated carbocycles. The van der Waals surface area contributed by atoms with E-state index in [1.807, 2.05) is 54.6 Å². The fraction of sp³-hybridized carbons (Fsp3) is 0.135.